The van der Waals surface area contributed by atoms with Gasteiger partial charge < -0.3 is 9.47 Å². The first-order valence-corrected chi connectivity index (χ1v) is 13.4. The molecule has 0 bridgehead atoms. The summed E-state index contributed by atoms with van der Waals surface area (Å²) in [6.07, 6.45) is 6.22. The molecule has 1 aromatic carbocycles. The average molecular weight is 510 g/mol. The summed E-state index contributed by atoms with van der Waals surface area (Å²) < 4.78 is 40.5. The molecule has 10 heteroatoms. The summed E-state index contributed by atoms with van der Waals surface area (Å²) in [5, 5.41) is 1.77. The van der Waals surface area contributed by atoms with Gasteiger partial charge in [-0.1, -0.05) is 12.1 Å². The van der Waals surface area contributed by atoms with Crippen molar-refractivity contribution in [2.75, 3.05) is 6.26 Å². The van der Waals surface area contributed by atoms with Crippen molar-refractivity contribution in [1.82, 2.24) is 14.5 Å². The molecule has 0 unspecified atom stereocenters. The Hall–Kier alpha value is -3.50. The predicted octanol–water partition coefficient (Wildman–Crippen LogP) is 4.92. The van der Waals surface area contributed by atoms with E-state index in [-0.39, 0.29) is 12.2 Å². The summed E-state index contributed by atoms with van der Waals surface area (Å²) in [6, 6.07) is 11.4. The van der Waals surface area contributed by atoms with E-state index in [0.29, 0.717) is 18.7 Å². The molecule has 3 heterocycles. The maximum Gasteiger partial charge on any atom is 0.419 e. The molecule has 0 radical (unpaired) electrons. The molecule has 0 aliphatic heterocycles. The molecule has 0 saturated heterocycles. The van der Waals surface area contributed by atoms with Crippen molar-refractivity contribution < 1.29 is 26.9 Å². The van der Waals surface area contributed by atoms with Crippen molar-refractivity contribution in [2.24, 2.45) is 0 Å². The largest absolute Gasteiger partial charge is 0.474 e. The van der Waals surface area contributed by atoms with E-state index in [0.717, 1.165) is 39.2 Å². The molecule has 9 nitrogen and oxygen atoms in total. The average Bonchev–Trinajstić information content (AvgIpc) is 3.10. The number of pyridine rings is 2. The third kappa shape index (κ3) is 5.05. The number of benzene rings is 1. The van der Waals surface area contributed by atoms with Crippen molar-refractivity contribution in [2.45, 2.75) is 51.4 Å². The Morgan fingerprint density at radius 1 is 0.972 bits per heavy atom. The number of aromatic nitrogens is 3. The van der Waals surface area contributed by atoms with E-state index < -0.39 is 21.8 Å². The van der Waals surface area contributed by atoms with Crippen molar-refractivity contribution in [3.63, 3.8) is 0 Å². The van der Waals surface area contributed by atoms with Gasteiger partial charge in [0, 0.05) is 53.8 Å². The fourth-order valence-corrected chi connectivity index (χ4v) is 4.93. The number of nitrogens with zero attached hydrogens (tertiary/aromatic N) is 3. The van der Waals surface area contributed by atoms with Gasteiger partial charge in [0.05, 0.1) is 23.4 Å². The summed E-state index contributed by atoms with van der Waals surface area (Å²) in [4.78, 5) is 21.8. The van der Waals surface area contributed by atoms with Crippen LogP contribution in [0.4, 0.5) is 4.79 Å². The number of rotatable bonds is 5. The van der Waals surface area contributed by atoms with E-state index in [1.54, 1.807) is 35.3 Å². The Morgan fingerprint density at radius 3 is 2.39 bits per heavy atom. The summed E-state index contributed by atoms with van der Waals surface area (Å²) >= 11 is 0. The summed E-state index contributed by atoms with van der Waals surface area (Å²) in [6.45, 7) is 5.51. The molecule has 1 aliphatic carbocycles. The van der Waals surface area contributed by atoms with Crippen LogP contribution in [0.25, 0.3) is 32.9 Å². The molecule has 1 aliphatic rings. The van der Waals surface area contributed by atoms with Crippen molar-refractivity contribution >= 4 is 38.0 Å². The van der Waals surface area contributed by atoms with Crippen LogP contribution < -0.4 is 4.74 Å². The van der Waals surface area contributed by atoms with E-state index in [1.807, 2.05) is 45.0 Å². The molecule has 0 N–H and O–H groups in total. The zero-order valence-electron chi connectivity index (χ0n) is 20.5. The van der Waals surface area contributed by atoms with Crippen LogP contribution in [-0.2, 0) is 19.0 Å². The Balaban J connectivity index is 1.40. The molecule has 1 fully saturated rings. The lowest BCUT2D eigenvalue weighted by Gasteiger charge is -2.33. The quantitative estimate of drug-likeness (QED) is 0.349. The van der Waals surface area contributed by atoms with Gasteiger partial charge in [0.25, 0.3) is 10.1 Å². The highest BCUT2D eigenvalue weighted by Crippen LogP contribution is 2.33. The lowest BCUT2D eigenvalue weighted by Crippen LogP contribution is -2.40. The van der Waals surface area contributed by atoms with E-state index >= 15 is 0 Å². The van der Waals surface area contributed by atoms with Gasteiger partial charge in [0.15, 0.2) is 0 Å². The van der Waals surface area contributed by atoms with Gasteiger partial charge in [-0.2, -0.15) is 8.42 Å². The molecule has 0 spiro atoms. The zero-order valence-corrected chi connectivity index (χ0v) is 21.3. The van der Waals surface area contributed by atoms with E-state index in [9.17, 15) is 13.2 Å². The third-order valence-corrected chi connectivity index (χ3v) is 6.49. The minimum absolute atomic E-state index is 0.135. The molecular formula is C26H27N3O6S. The molecule has 1 saturated carbocycles. The highest BCUT2D eigenvalue weighted by atomic mass is 32.2. The van der Waals surface area contributed by atoms with Crippen LogP contribution in [-0.4, -0.2) is 53.1 Å². The lowest BCUT2D eigenvalue weighted by molar-refractivity contribution is 0.00646. The maximum absolute atomic E-state index is 13.1. The predicted molar refractivity (Wildman–Crippen MR) is 135 cm³/mol. The highest BCUT2D eigenvalue weighted by Gasteiger charge is 2.34. The number of carbonyl (C=O) groups is 1. The second-order valence-corrected chi connectivity index (χ2v) is 11.6. The minimum Gasteiger partial charge on any atom is -0.474 e. The first kappa shape index (κ1) is 24.2. The van der Waals surface area contributed by atoms with Crippen LogP contribution in [0.15, 0.2) is 55.0 Å². The van der Waals surface area contributed by atoms with E-state index in [2.05, 4.69) is 9.97 Å². The number of hydrogen-bond acceptors (Lipinski definition) is 8. The molecule has 188 valence electrons. The van der Waals surface area contributed by atoms with Crippen LogP contribution in [0.3, 0.4) is 0 Å². The summed E-state index contributed by atoms with van der Waals surface area (Å²) in [5.41, 5.74) is 2.55. The fourth-order valence-electron chi connectivity index (χ4n) is 4.28. The van der Waals surface area contributed by atoms with E-state index in [4.69, 9.17) is 13.7 Å². The van der Waals surface area contributed by atoms with Crippen LogP contribution in [0.2, 0.25) is 0 Å². The number of fused-ring (bicyclic) bond motifs is 3. The summed E-state index contributed by atoms with van der Waals surface area (Å²) in [5.74, 6) is 0.455. The van der Waals surface area contributed by atoms with Gasteiger partial charge in [-0.3, -0.25) is 9.17 Å². The second kappa shape index (κ2) is 8.86. The monoisotopic (exact) mass is 509 g/mol. The van der Waals surface area contributed by atoms with Crippen LogP contribution in [0.1, 0.15) is 33.6 Å². The van der Waals surface area contributed by atoms with Gasteiger partial charge in [-0.25, -0.2) is 14.3 Å². The fraction of sp³-hybridized carbons (Fsp3) is 0.346. The van der Waals surface area contributed by atoms with E-state index in [1.165, 1.54) is 0 Å². The Morgan fingerprint density at radius 2 is 1.72 bits per heavy atom. The Bertz CT molecular complexity index is 1550. The second-order valence-electron chi connectivity index (χ2n) is 9.96. The minimum atomic E-state index is -3.46. The standard InChI is InChI=1S/C26H27N3O6S/c1-26(2,3)34-25(30)29-22-9-10-27-15-21(22)20-7-5-16(11-23(20)29)17-6-8-24(28-14-17)33-18-12-19(13-18)35-36(4,31)32/h5-11,14-15,18-19H,12-13H2,1-4H3/t18-,19+. The van der Waals surface area contributed by atoms with Crippen molar-refractivity contribution in [3.8, 4) is 17.0 Å². The molecule has 3 aromatic heterocycles. The topological polar surface area (TPSA) is 110 Å². The van der Waals surface area contributed by atoms with Crippen molar-refractivity contribution in [1.29, 1.82) is 0 Å². The molecular weight excluding hydrogens is 482 g/mol. The lowest BCUT2D eigenvalue weighted by atomic mass is 9.92. The van der Waals surface area contributed by atoms with Gasteiger partial charge >= 0.3 is 6.09 Å². The number of hydrogen-bond donors (Lipinski definition) is 0. The first-order valence-electron chi connectivity index (χ1n) is 11.6. The maximum atomic E-state index is 13.1. The van der Waals surface area contributed by atoms with Gasteiger partial charge in [0.1, 0.15) is 11.7 Å². The van der Waals surface area contributed by atoms with Crippen LogP contribution >= 0.6 is 0 Å². The normalized spacial score (nSPS) is 18.2. The Kier molecular flexibility index (Phi) is 5.96. The highest BCUT2D eigenvalue weighted by molar-refractivity contribution is 7.86. The number of carbonyl (C=O) groups excluding carboxylic acids is 1. The smallest absolute Gasteiger partial charge is 0.419 e. The number of ether oxygens (including phenoxy) is 2. The molecule has 4 aromatic rings. The molecule has 36 heavy (non-hydrogen) atoms. The molecule has 5 rings (SSSR count). The Labute approximate surface area is 209 Å². The van der Waals surface area contributed by atoms with Crippen LogP contribution in [0, 0.1) is 0 Å². The zero-order chi connectivity index (χ0) is 25.7. The first-order chi connectivity index (χ1) is 17.0. The van der Waals surface area contributed by atoms with Gasteiger partial charge in [-0.15, -0.1) is 0 Å². The van der Waals surface area contributed by atoms with Crippen LogP contribution in [0.5, 0.6) is 5.88 Å². The van der Waals surface area contributed by atoms with Gasteiger partial charge in [-0.05, 0) is 44.5 Å². The third-order valence-electron chi connectivity index (χ3n) is 5.86. The molecule has 0 atom stereocenters. The SMILES string of the molecule is CC(C)(C)OC(=O)n1c2ccncc2c2ccc(-c3ccc(O[C@H]4C[C@@H](OS(C)(=O)=O)C4)nc3)cc21. The molecule has 0 amide bonds. The van der Waals surface area contributed by atoms with Crippen molar-refractivity contribution in [3.05, 3.63) is 55.0 Å². The summed E-state index contributed by atoms with van der Waals surface area (Å²) in [7, 11) is -3.46. The van der Waals surface area contributed by atoms with Gasteiger partial charge in [0.2, 0.25) is 5.88 Å².